The first-order chi connectivity index (χ1) is 19.0. The van der Waals surface area contributed by atoms with Crippen molar-refractivity contribution >= 4 is 18.7 Å². The fourth-order valence-electron chi connectivity index (χ4n) is 7.19. The molecule has 206 valence electrons. The zero-order chi connectivity index (χ0) is 27.2. The van der Waals surface area contributed by atoms with Crippen molar-refractivity contribution < 1.29 is 14.8 Å². The molecule has 5 rings (SSSR count). The molecule has 2 aromatic carbocycles. The second-order valence-corrected chi connectivity index (χ2v) is 11.6. The van der Waals surface area contributed by atoms with Gasteiger partial charge in [-0.1, -0.05) is 42.5 Å². The van der Waals surface area contributed by atoms with Crippen LogP contribution in [-0.2, 0) is 11.3 Å². The molecule has 4 N–H and O–H groups in total. The third-order valence-electron chi connectivity index (χ3n) is 9.24. The van der Waals surface area contributed by atoms with Crippen LogP contribution in [0.25, 0.3) is 0 Å². The van der Waals surface area contributed by atoms with E-state index in [1.807, 2.05) is 17.0 Å². The van der Waals surface area contributed by atoms with Gasteiger partial charge in [-0.15, -0.1) is 5.73 Å². The summed E-state index contributed by atoms with van der Waals surface area (Å²) in [6, 6.07) is 16.7. The molecule has 3 heterocycles. The summed E-state index contributed by atoms with van der Waals surface area (Å²) in [6.45, 7) is 4.44. The van der Waals surface area contributed by atoms with Crippen molar-refractivity contribution in [2.24, 2.45) is 11.7 Å². The number of amides is 1. The minimum atomic E-state index is -1.58. The van der Waals surface area contributed by atoms with Gasteiger partial charge >= 0.3 is 7.12 Å². The summed E-state index contributed by atoms with van der Waals surface area (Å²) < 4.78 is 0.742. The maximum atomic E-state index is 14.2. The van der Waals surface area contributed by atoms with Gasteiger partial charge in [-0.3, -0.25) is 9.28 Å². The summed E-state index contributed by atoms with van der Waals surface area (Å²) in [4.78, 5) is 16.2. The normalized spacial score (nSPS) is 26.2. The Labute approximate surface area is 233 Å². The van der Waals surface area contributed by atoms with Crippen molar-refractivity contribution in [1.82, 2.24) is 9.38 Å². The van der Waals surface area contributed by atoms with E-state index in [-0.39, 0.29) is 5.91 Å². The number of rotatable bonds is 4. The van der Waals surface area contributed by atoms with Crippen molar-refractivity contribution in [3.63, 3.8) is 0 Å². The van der Waals surface area contributed by atoms with Crippen LogP contribution in [0.5, 0.6) is 0 Å². The summed E-state index contributed by atoms with van der Waals surface area (Å²) in [5, 5.41) is 21.3. The van der Waals surface area contributed by atoms with Crippen LogP contribution in [0.2, 0.25) is 0 Å². The van der Waals surface area contributed by atoms with Crippen molar-refractivity contribution in [3.05, 3.63) is 83.1 Å². The molecule has 6 nitrogen and oxygen atoms in total. The highest BCUT2D eigenvalue weighted by atomic mass is 16.4. The molecule has 0 radical (unpaired) electrons. The SMILES string of the molecule is NCc1cccc(C2CCN(C(=O)C3C[N+]4(CCCC=C=CCCCC4)c4ccccc4C3B(O)O)CC2)c1. The Balaban J connectivity index is 1.40. The lowest BCUT2D eigenvalue weighted by atomic mass is 9.59. The minimum Gasteiger partial charge on any atom is -0.427 e. The highest BCUT2D eigenvalue weighted by molar-refractivity contribution is 6.44. The van der Waals surface area contributed by atoms with E-state index < -0.39 is 18.9 Å². The van der Waals surface area contributed by atoms with Crippen molar-refractivity contribution in [3.8, 4) is 0 Å². The van der Waals surface area contributed by atoms with E-state index in [1.165, 1.54) is 5.56 Å². The second-order valence-electron chi connectivity index (χ2n) is 11.6. The lowest BCUT2D eigenvalue weighted by Gasteiger charge is -2.48. The van der Waals surface area contributed by atoms with E-state index in [1.54, 1.807) is 0 Å². The first-order valence-corrected chi connectivity index (χ1v) is 14.8. The molecule has 3 atom stereocenters. The Morgan fingerprint density at radius 2 is 1.74 bits per heavy atom. The highest BCUT2D eigenvalue weighted by Crippen LogP contribution is 2.45. The van der Waals surface area contributed by atoms with Crippen molar-refractivity contribution in [2.75, 3.05) is 32.7 Å². The van der Waals surface area contributed by atoms with Crippen LogP contribution >= 0.6 is 0 Å². The zero-order valence-electron chi connectivity index (χ0n) is 23.0. The molecule has 1 spiro atoms. The molecule has 0 aromatic heterocycles. The van der Waals surface area contributed by atoms with Crippen LogP contribution in [0.4, 0.5) is 5.69 Å². The maximum Gasteiger partial charge on any atom is 0.460 e. The second kappa shape index (κ2) is 12.7. The molecule has 3 aliphatic heterocycles. The van der Waals surface area contributed by atoms with Crippen LogP contribution in [0.1, 0.15) is 73.4 Å². The van der Waals surface area contributed by atoms with Gasteiger partial charge < -0.3 is 20.7 Å². The molecular formula is C32H43BN3O3+. The number of nitrogens with two attached hydrogens (primary N) is 1. The number of hydrogen-bond acceptors (Lipinski definition) is 4. The quantitative estimate of drug-likeness (QED) is 0.315. The van der Waals surface area contributed by atoms with Crippen LogP contribution in [-0.4, -0.2) is 60.7 Å². The Morgan fingerprint density at radius 3 is 2.51 bits per heavy atom. The number of allylic oxidation sites excluding steroid dienone is 1. The lowest BCUT2D eigenvalue weighted by molar-refractivity contribution is -0.138. The number of para-hydroxylation sites is 1. The number of nitrogens with zero attached hydrogens (tertiary/aromatic N) is 2. The van der Waals surface area contributed by atoms with Gasteiger partial charge in [0.15, 0.2) is 0 Å². The van der Waals surface area contributed by atoms with E-state index in [0.29, 0.717) is 32.1 Å². The number of quaternary nitrogens is 1. The fraction of sp³-hybridized carbons (Fsp3) is 0.500. The van der Waals surface area contributed by atoms with Gasteiger partial charge in [-0.25, -0.2) is 0 Å². The fourth-order valence-corrected chi connectivity index (χ4v) is 7.19. The molecule has 7 heteroatoms. The first-order valence-electron chi connectivity index (χ1n) is 14.8. The van der Waals surface area contributed by atoms with E-state index in [0.717, 1.165) is 79.3 Å². The van der Waals surface area contributed by atoms with Crippen LogP contribution < -0.4 is 10.2 Å². The highest BCUT2D eigenvalue weighted by Gasteiger charge is 2.52. The third kappa shape index (κ3) is 6.08. The number of carbonyl (C=O) groups excluding carboxylic acids is 1. The first kappa shape index (κ1) is 27.9. The van der Waals surface area contributed by atoms with Gasteiger partial charge in [-0.2, -0.15) is 0 Å². The van der Waals surface area contributed by atoms with Gasteiger partial charge in [0.2, 0.25) is 5.91 Å². The van der Waals surface area contributed by atoms with Gasteiger partial charge in [-0.05, 0) is 73.8 Å². The average molecular weight is 529 g/mol. The Morgan fingerprint density at radius 1 is 1.00 bits per heavy atom. The van der Waals surface area contributed by atoms with E-state index in [2.05, 4.69) is 54.3 Å². The summed E-state index contributed by atoms with van der Waals surface area (Å²) in [6.07, 6.45) is 11.2. The summed E-state index contributed by atoms with van der Waals surface area (Å²) in [7, 11) is -1.58. The predicted octanol–water partition coefficient (Wildman–Crippen LogP) is 4.26. The van der Waals surface area contributed by atoms with E-state index in [9.17, 15) is 14.8 Å². The molecule has 1 fully saturated rings. The number of hydrogen-bond donors (Lipinski definition) is 3. The topological polar surface area (TPSA) is 86.8 Å². The number of benzene rings is 2. The zero-order valence-corrected chi connectivity index (χ0v) is 23.0. The predicted molar refractivity (Wildman–Crippen MR) is 158 cm³/mol. The molecule has 39 heavy (non-hydrogen) atoms. The number of carbonyl (C=O) groups is 1. The van der Waals surface area contributed by atoms with Gasteiger partial charge in [0, 0.05) is 37.4 Å². The molecule has 1 amide bonds. The third-order valence-corrected chi connectivity index (χ3v) is 9.24. The van der Waals surface area contributed by atoms with Crippen molar-refractivity contribution in [1.29, 1.82) is 0 Å². The summed E-state index contributed by atoms with van der Waals surface area (Å²) >= 11 is 0. The van der Waals surface area contributed by atoms with Crippen LogP contribution in [0, 0.1) is 5.92 Å². The van der Waals surface area contributed by atoms with Crippen LogP contribution in [0.15, 0.2) is 66.4 Å². The minimum absolute atomic E-state index is 0.0742. The maximum absolute atomic E-state index is 14.2. The Hall–Kier alpha value is -2.67. The molecule has 0 saturated carbocycles. The number of piperidine rings is 1. The average Bonchev–Trinajstić information content (AvgIpc) is 3.02. The largest absolute Gasteiger partial charge is 0.460 e. The molecule has 0 aliphatic carbocycles. The van der Waals surface area contributed by atoms with Crippen LogP contribution in [0.3, 0.4) is 0 Å². The van der Waals surface area contributed by atoms with Gasteiger partial charge in [0.1, 0.15) is 5.69 Å². The van der Waals surface area contributed by atoms with E-state index >= 15 is 0 Å². The molecule has 1 saturated heterocycles. The number of fused-ring (bicyclic) bond motifs is 2. The number of likely N-dealkylation sites (tertiary alicyclic amines) is 1. The van der Waals surface area contributed by atoms with Gasteiger partial charge in [0.25, 0.3) is 0 Å². The monoisotopic (exact) mass is 528 g/mol. The summed E-state index contributed by atoms with van der Waals surface area (Å²) in [5.41, 5.74) is 13.7. The molecular weight excluding hydrogens is 485 g/mol. The molecule has 3 unspecified atom stereocenters. The molecule has 2 aromatic rings. The Bertz CT molecular complexity index is 1200. The Kier molecular flexibility index (Phi) is 9.06. The smallest absolute Gasteiger partial charge is 0.427 e. The van der Waals surface area contributed by atoms with Gasteiger partial charge in [0.05, 0.1) is 25.6 Å². The molecule has 3 aliphatic rings. The molecule has 0 bridgehead atoms. The van der Waals surface area contributed by atoms with E-state index in [4.69, 9.17) is 5.73 Å². The summed E-state index contributed by atoms with van der Waals surface area (Å²) in [5.74, 6) is -0.588. The standard InChI is InChI=1S/C32H43BN3O3/c34-23-25-12-11-13-27(22-25)26-16-18-35(19-17-26)32(37)29-24-36(20-9-5-3-1-2-4-6-10-21-36)30-15-8-7-14-28(30)31(29)33(38)39/h1,4,7-8,11-15,22,26,29,31,38-39H,3,5-6,9-10,16-21,23-24,34H2/q+1. The lowest BCUT2D eigenvalue weighted by Crippen LogP contribution is -2.61. The van der Waals surface area contributed by atoms with Crippen molar-refractivity contribution in [2.45, 2.75) is 63.2 Å².